The van der Waals surface area contributed by atoms with Crippen molar-refractivity contribution < 1.29 is 0 Å². The minimum Gasteiger partial charge on any atom is -0.305 e. The smallest absolute Gasteiger partial charge is 0.0227 e. The molecule has 0 aliphatic carbocycles. The molecule has 0 radical (unpaired) electrons. The van der Waals surface area contributed by atoms with Crippen molar-refractivity contribution in [1.82, 2.24) is 4.90 Å². The molecule has 0 atom stereocenters. The molecular weight excluding hydrogens is 134 g/mol. The van der Waals surface area contributed by atoms with Gasteiger partial charge in [0.1, 0.15) is 0 Å². The zero-order valence-corrected chi connectivity index (χ0v) is 7.72. The van der Waals surface area contributed by atoms with Crippen LogP contribution in [0, 0.1) is 0 Å². The van der Waals surface area contributed by atoms with Gasteiger partial charge in [0.15, 0.2) is 0 Å². The Kier molecular flexibility index (Phi) is 4.55. The number of rotatable bonds is 4. The van der Waals surface area contributed by atoms with E-state index in [-0.39, 0.29) is 0 Å². The first-order chi connectivity index (χ1) is 5.06. The molecule has 62 valence electrons. The van der Waals surface area contributed by atoms with Crippen molar-refractivity contribution in [2.75, 3.05) is 20.6 Å². The van der Waals surface area contributed by atoms with E-state index in [2.05, 4.69) is 18.1 Å². The molecule has 1 heteroatoms. The fourth-order valence-electron chi connectivity index (χ4n) is 0.851. The second kappa shape index (κ2) is 4.91. The van der Waals surface area contributed by atoms with Gasteiger partial charge in [-0.1, -0.05) is 30.9 Å². The highest BCUT2D eigenvalue weighted by Crippen LogP contribution is 2.01. The SMILES string of the molecule is C=C/C(=C\C(=C)C)CN(C)C. The van der Waals surface area contributed by atoms with Crippen molar-refractivity contribution in [2.45, 2.75) is 6.92 Å². The maximum atomic E-state index is 3.81. The Morgan fingerprint density at radius 1 is 1.45 bits per heavy atom. The van der Waals surface area contributed by atoms with Crippen LogP contribution in [0.15, 0.2) is 36.5 Å². The van der Waals surface area contributed by atoms with Crippen molar-refractivity contribution in [3.63, 3.8) is 0 Å². The summed E-state index contributed by atoms with van der Waals surface area (Å²) in [6.07, 6.45) is 3.92. The van der Waals surface area contributed by atoms with Crippen molar-refractivity contribution in [3.05, 3.63) is 36.5 Å². The van der Waals surface area contributed by atoms with Crippen LogP contribution < -0.4 is 0 Å². The van der Waals surface area contributed by atoms with E-state index in [0.29, 0.717) is 0 Å². The molecule has 0 amide bonds. The summed E-state index contributed by atoms with van der Waals surface area (Å²) in [6.45, 7) is 10.5. The van der Waals surface area contributed by atoms with Gasteiger partial charge in [0.25, 0.3) is 0 Å². The Labute approximate surface area is 69.7 Å². The van der Waals surface area contributed by atoms with Crippen molar-refractivity contribution in [1.29, 1.82) is 0 Å². The first kappa shape index (κ1) is 10.2. The van der Waals surface area contributed by atoms with Crippen LogP contribution in [0.25, 0.3) is 0 Å². The highest BCUT2D eigenvalue weighted by molar-refractivity contribution is 5.27. The maximum absolute atomic E-state index is 3.81. The summed E-state index contributed by atoms with van der Waals surface area (Å²) in [5.41, 5.74) is 2.28. The molecule has 1 nitrogen and oxygen atoms in total. The lowest BCUT2D eigenvalue weighted by Gasteiger charge is -2.09. The van der Waals surface area contributed by atoms with Crippen LogP contribution in [-0.4, -0.2) is 25.5 Å². The van der Waals surface area contributed by atoms with Crippen LogP contribution in [0.2, 0.25) is 0 Å². The monoisotopic (exact) mass is 151 g/mol. The van der Waals surface area contributed by atoms with Gasteiger partial charge in [-0.3, -0.25) is 0 Å². The summed E-state index contributed by atoms with van der Waals surface area (Å²) in [4.78, 5) is 2.11. The Bertz CT molecular complexity index is 175. The van der Waals surface area contributed by atoms with Crippen LogP contribution in [0.4, 0.5) is 0 Å². The van der Waals surface area contributed by atoms with E-state index in [1.54, 1.807) is 0 Å². The summed E-state index contributed by atoms with van der Waals surface area (Å²) in [5, 5.41) is 0. The lowest BCUT2D eigenvalue weighted by atomic mass is 10.2. The molecule has 0 aliphatic heterocycles. The zero-order chi connectivity index (χ0) is 8.85. The molecule has 11 heavy (non-hydrogen) atoms. The first-order valence-electron chi connectivity index (χ1n) is 3.69. The molecule has 0 N–H and O–H groups in total. The molecule has 0 fully saturated rings. The Balaban J connectivity index is 4.16. The molecule has 0 aromatic carbocycles. The van der Waals surface area contributed by atoms with E-state index in [1.165, 1.54) is 5.57 Å². The molecule has 0 bridgehead atoms. The largest absolute Gasteiger partial charge is 0.305 e. The van der Waals surface area contributed by atoms with Crippen LogP contribution in [0.5, 0.6) is 0 Å². The van der Waals surface area contributed by atoms with Crippen LogP contribution in [-0.2, 0) is 0 Å². The van der Waals surface area contributed by atoms with E-state index in [4.69, 9.17) is 0 Å². The van der Waals surface area contributed by atoms with Crippen molar-refractivity contribution >= 4 is 0 Å². The summed E-state index contributed by atoms with van der Waals surface area (Å²) in [6, 6.07) is 0. The second-order valence-electron chi connectivity index (χ2n) is 3.01. The van der Waals surface area contributed by atoms with E-state index < -0.39 is 0 Å². The predicted molar refractivity (Wildman–Crippen MR) is 51.6 cm³/mol. The van der Waals surface area contributed by atoms with Gasteiger partial charge in [-0.2, -0.15) is 0 Å². The molecule has 0 saturated carbocycles. The number of likely N-dealkylation sites (N-methyl/N-ethyl adjacent to an activating group) is 1. The quantitative estimate of drug-likeness (QED) is 0.557. The molecule has 0 aromatic rings. The van der Waals surface area contributed by atoms with Crippen LogP contribution in [0.1, 0.15) is 6.92 Å². The standard InChI is InChI=1S/C10H17N/c1-6-10(7-9(2)3)8-11(4)5/h6-7H,1-2,8H2,3-5H3/b10-7+. The Morgan fingerprint density at radius 2 is 2.00 bits per heavy atom. The van der Waals surface area contributed by atoms with E-state index in [9.17, 15) is 0 Å². The fourth-order valence-corrected chi connectivity index (χ4v) is 0.851. The highest BCUT2D eigenvalue weighted by atomic mass is 15.0. The first-order valence-corrected chi connectivity index (χ1v) is 3.69. The van der Waals surface area contributed by atoms with E-state index in [1.807, 2.05) is 33.2 Å². The number of hydrogen-bond acceptors (Lipinski definition) is 1. The molecular formula is C10H17N. The number of hydrogen-bond donors (Lipinski definition) is 0. The van der Waals surface area contributed by atoms with Gasteiger partial charge in [0.2, 0.25) is 0 Å². The van der Waals surface area contributed by atoms with E-state index >= 15 is 0 Å². The highest BCUT2D eigenvalue weighted by Gasteiger charge is 1.93. The molecule has 0 heterocycles. The van der Waals surface area contributed by atoms with Gasteiger partial charge in [-0.25, -0.2) is 0 Å². The van der Waals surface area contributed by atoms with Crippen LogP contribution >= 0.6 is 0 Å². The van der Waals surface area contributed by atoms with Gasteiger partial charge < -0.3 is 4.90 Å². The van der Waals surface area contributed by atoms with Gasteiger partial charge >= 0.3 is 0 Å². The van der Waals surface area contributed by atoms with Gasteiger partial charge in [0.05, 0.1) is 0 Å². The zero-order valence-electron chi connectivity index (χ0n) is 7.72. The minimum absolute atomic E-state index is 0.927. The predicted octanol–water partition coefficient (Wildman–Crippen LogP) is 2.24. The molecule has 0 unspecified atom stereocenters. The van der Waals surface area contributed by atoms with Gasteiger partial charge in [-0.15, -0.1) is 0 Å². The molecule has 0 spiro atoms. The Hall–Kier alpha value is -0.820. The Morgan fingerprint density at radius 3 is 2.27 bits per heavy atom. The van der Waals surface area contributed by atoms with Crippen molar-refractivity contribution in [2.24, 2.45) is 0 Å². The van der Waals surface area contributed by atoms with Gasteiger partial charge in [-0.05, 0) is 26.6 Å². The average molecular weight is 151 g/mol. The summed E-state index contributed by atoms with van der Waals surface area (Å²) in [5.74, 6) is 0. The fraction of sp³-hybridized carbons (Fsp3) is 0.400. The van der Waals surface area contributed by atoms with Crippen LogP contribution in [0.3, 0.4) is 0 Å². The lowest BCUT2D eigenvalue weighted by Crippen LogP contribution is -2.14. The summed E-state index contributed by atoms with van der Waals surface area (Å²) >= 11 is 0. The maximum Gasteiger partial charge on any atom is 0.0227 e. The number of nitrogens with zero attached hydrogens (tertiary/aromatic N) is 1. The molecule has 0 aliphatic rings. The normalized spacial score (nSPS) is 11.8. The lowest BCUT2D eigenvalue weighted by molar-refractivity contribution is 0.449. The molecule has 0 aromatic heterocycles. The van der Waals surface area contributed by atoms with E-state index in [0.717, 1.165) is 12.1 Å². The topological polar surface area (TPSA) is 3.24 Å². The van der Waals surface area contributed by atoms with Gasteiger partial charge in [0, 0.05) is 6.54 Å². The number of allylic oxidation sites excluding steroid dienone is 2. The third-order valence-corrected chi connectivity index (χ3v) is 1.19. The van der Waals surface area contributed by atoms with Crippen molar-refractivity contribution in [3.8, 4) is 0 Å². The average Bonchev–Trinajstić information content (AvgIpc) is 1.84. The summed E-state index contributed by atoms with van der Waals surface area (Å²) < 4.78 is 0. The molecule has 0 rings (SSSR count). The molecule has 0 saturated heterocycles. The minimum atomic E-state index is 0.927. The second-order valence-corrected chi connectivity index (χ2v) is 3.01. The third kappa shape index (κ3) is 5.62. The third-order valence-electron chi connectivity index (χ3n) is 1.19. The summed E-state index contributed by atoms with van der Waals surface area (Å²) in [7, 11) is 4.07.